The Balaban J connectivity index is 1.73. The molecule has 2 aromatic rings. The average molecular weight is 311 g/mol. The predicted molar refractivity (Wildman–Crippen MR) is 84.2 cm³/mol. The summed E-state index contributed by atoms with van der Waals surface area (Å²) in [4.78, 5) is 39.9. The Kier molecular flexibility index (Phi) is 4.10. The smallest absolute Gasteiger partial charge is 0.330 e. The maximum absolute atomic E-state index is 12.0. The monoisotopic (exact) mass is 311 g/mol. The van der Waals surface area contributed by atoms with E-state index in [-0.39, 0.29) is 25.2 Å². The van der Waals surface area contributed by atoms with Crippen molar-refractivity contribution in [3.05, 3.63) is 48.0 Å². The lowest BCUT2D eigenvalue weighted by molar-refractivity contribution is -0.197. The topological polar surface area (TPSA) is 63.7 Å². The van der Waals surface area contributed by atoms with Gasteiger partial charge >= 0.3 is 5.97 Å². The molecule has 2 amide bonds. The molecule has 1 aliphatic rings. The molecule has 0 aromatic heterocycles. The largest absolute Gasteiger partial charge is 0.333 e. The summed E-state index contributed by atoms with van der Waals surface area (Å²) in [5, 5.41) is 2.79. The summed E-state index contributed by atoms with van der Waals surface area (Å²) in [7, 11) is 0. The SMILES string of the molecule is CC(CC(=O)ON1C(=O)CCC1=O)c1cccc2ccccc12. The number of nitrogens with zero attached hydrogens (tertiary/aromatic N) is 1. The molecule has 1 heterocycles. The van der Waals surface area contributed by atoms with E-state index < -0.39 is 17.8 Å². The first-order valence-corrected chi connectivity index (χ1v) is 7.60. The van der Waals surface area contributed by atoms with E-state index in [1.54, 1.807) is 0 Å². The third-order valence-electron chi connectivity index (χ3n) is 4.03. The van der Waals surface area contributed by atoms with Crippen LogP contribution in [-0.4, -0.2) is 22.8 Å². The molecule has 5 nitrogen and oxygen atoms in total. The van der Waals surface area contributed by atoms with Crippen LogP contribution in [0.4, 0.5) is 0 Å². The predicted octanol–water partition coefficient (Wildman–Crippen LogP) is 2.94. The Bertz CT molecular complexity index is 762. The van der Waals surface area contributed by atoms with E-state index in [1.807, 2.05) is 49.4 Å². The molecular formula is C18H17NO4. The molecule has 5 heteroatoms. The molecule has 1 atom stereocenters. The third kappa shape index (κ3) is 3.08. The lowest BCUT2D eigenvalue weighted by Crippen LogP contribution is -2.32. The molecule has 0 radical (unpaired) electrons. The van der Waals surface area contributed by atoms with E-state index in [0.717, 1.165) is 16.3 Å². The average Bonchev–Trinajstić information content (AvgIpc) is 2.86. The zero-order valence-electron chi connectivity index (χ0n) is 12.8. The molecule has 0 saturated carbocycles. The van der Waals surface area contributed by atoms with Gasteiger partial charge in [0, 0.05) is 12.8 Å². The summed E-state index contributed by atoms with van der Waals surface area (Å²) in [6.45, 7) is 1.93. The zero-order valence-corrected chi connectivity index (χ0v) is 12.8. The van der Waals surface area contributed by atoms with Crippen molar-refractivity contribution < 1.29 is 19.2 Å². The second-order valence-corrected chi connectivity index (χ2v) is 5.72. The van der Waals surface area contributed by atoms with Crippen LogP contribution in [0.5, 0.6) is 0 Å². The Morgan fingerprint density at radius 1 is 1.09 bits per heavy atom. The number of hydrogen-bond acceptors (Lipinski definition) is 4. The minimum Gasteiger partial charge on any atom is -0.330 e. The summed E-state index contributed by atoms with van der Waals surface area (Å²) in [5.41, 5.74) is 1.04. The molecule has 3 rings (SSSR count). The lowest BCUT2D eigenvalue weighted by Gasteiger charge is -2.16. The number of fused-ring (bicyclic) bond motifs is 1. The highest BCUT2D eigenvalue weighted by molar-refractivity contribution is 6.01. The highest BCUT2D eigenvalue weighted by Gasteiger charge is 2.33. The van der Waals surface area contributed by atoms with Gasteiger partial charge < -0.3 is 4.84 Å². The Morgan fingerprint density at radius 3 is 2.48 bits per heavy atom. The highest BCUT2D eigenvalue weighted by atomic mass is 16.7. The van der Waals surface area contributed by atoms with Crippen molar-refractivity contribution in [2.24, 2.45) is 0 Å². The molecular weight excluding hydrogens is 294 g/mol. The van der Waals surface area contributed by atoms with Gasteiger partial charge in [-0.1, -0.05) is 49.4 Å². The first-order chi connectivity index (χ1) is 11.1. The number of imide groups is 1. The first-order valence-electron chi connectivity index (χ1n) is 7.60. The van der Waals surface area contributed by atoms with Gasteiger partial charge in [-0.05, 0) is 22.3 Å². The second-order valence-electron chi connectivity index (χ2n) is 5.72. The Morgan fingerprint density at radius 2 is 1.74 bits per heavy atom. The normalized spacial score (nSPS) is 16.0. The van der Waals surface area contributed by atoms with Crippen molar-refractivity contribution in [3.8, 4) is 0 Å². The van der Waals surface area contributed by atoms with E-state index in [0.29, 0.717) is 5.06 Å². The van der Waals surface area contributed by atoms with Gasteiger partial charge in [0.2, 0.25) is 0 Å². The molecule has 1 saturated heterocycles. The van der Waals surface area contributed by atoms with Gasteiger partial charge in [-0.3, -0.25) is 9.59 Å². The van der Waals surface area contributed by atoms with Crippen molar-refractivity contribution >= 4 is 28.6 Å². The van der Waals surface area contributed by atoms with Crippen molar-refractivity contribution in [1.29, 1.82) is 0 Å². The summed E-state index contributed by atoms with van der Waals surface area (Å²) in [6, 6.07) is 13.9. The molecule has 118 valence electrons. The third-order valence-corrected chi connectivity index (χ3v) is 4.03. The fraction of sp³-hybridized carbons (Fsp3) is 0.278. The molecule has 1 aliphatic heterocycles. The molecule has 2 aromatic carbocycles. The Labute approximate surface area is 133 Å². The van der Waals surface area contributed by atoms with E-state index in [9.17, 15) is 14.4 Å². The van der Waals surface area contributed by atoms with Crippen LogP contribution in [0.2, 0.25) is 0 Å². The van der Waals surface area contributed by atoms with Crippen LogP contribution >= 0.6 is 0 Å². The fourth-order valence-corrected chi connectivity index (χ4v) is 2.84. The van der Waals surface area contributed by atoms with E-state index in [1.165, 1.54) is 0 Å². The zero-order chi connectivity index (χ0) is 16.4. The Hall–Kier alpha value is -2.69. The van der Waals surface area contributed by atoms with Crippen molar-refractivity contribution in [2.45, 2.75) is 32.1 Å². The number of rotatable bonds is 4. The van der Waals surface area contributed by atoms with Crippen molar-refractivity contribution in [3.63, 3.8) is 0 Å². The quantitative estimate of drug-likeness (QED) is 0.814. The maximum atomic E-state index is 12.0. The van der Waals surface area contributed by atoms with Gasteiger partial charge in [-0.2, -0.15) is 0 Å². The van der Waals surface area contributed by atoms with Crippen LogP contribution in [0.25, 0.3) is 10.8 Å². The number of carbonyl (C=O) groups is 3. The van der Waals surface area contributed by atoms with Gasteiger partial charge in [-0.15, -0.1) is 5.06 Å². The van der Waals surface area contributed by atoms with Crippen LogP contribution in [0.15, 0.2) is 42.5 Å². The van der Waals surface area contributed by atoms with Crippen LogP contribution in [-0.2, 0) is 19.2 Å². The summed E-state index contributed by atoms with van der Waals surface area (Å²) in [5.74, 6) is -1.57. The number of hydroxylamine groups is 2. The summed E-state index contributed by atoms with van der Waals surface area (Å²) in [6.07, 6.45) is 0.307. The molecule has 23 heavy (non-hydrogen) atoms. The first kappa shape index (κ1) is 15.2. The van der Waals surface area contributed by atoms with Crippen LogP contribution in [0.1, 0.15) is 37.7 Å². The van der Waals surface area contributed by atoms with Gasteiger partial charge in [0.1, 0.15) is 0 Å². The van der Waals surface area contributed by atoms with E-state index in [4.69, 9.17) is 4.84 Å². The number of carbonyl (C=O) groups excluding carboxylic acids is 3. The van der Waals surface area contributed by atoms with Crippen LogP contribution in [0.3, 0.4) is 0 Å². The summed E-state index contributed by atoms with van der Waals surface area (Å²) >= 11 is 0. The van der Waals surface area contributed by atoms with Gasteiger partial charge in [0.15, 0.2) is 0 Å². The minimum absolute atomic E-state index is 0.0820. The molecule has 1 fully saturated rings. The number of amides is 2. The van der Waals surface area contributed by atoms with Gasteiger partial charge in [0.05, 0.1) is 6.42 Å². The number of benzene rings is 2. The van der Waals surface area contributed by atoms with Crippen LogP contribution < -0.4 is 0 Å². The standard InChI is InChI=1S/C18H17NO4/c1-12(11-18(22)23-19-16(20)9-10-17(19)21)14-8-4-6-13-5-2-3-7-15(13)14/h2-8,12H,9-11H2,1H3. The summed E-state index contributed by atoms with van der Waals surface area (Å²) < 4.78 is 0. The van der Waals surface area contributed by atoms with E-state index in [2.05, 4.69) is 0 Å². The molecule has 1 unspecified atom stereocenters. The maximum Gasteiger partial charge on any atom is 0.333 e. The second kappa shape index (κ2) is 6.20. The van der Waals surface area contributed by atoms with Crippen molar-refractivity contribution in [1.82, 2.24) is 5.06 Å². The lowest BCUT2D eigenvalue weighted by atomic mass is 9.92. The molecule has 0 spiro atoms. The van der Waals surface area contributed by atoms with Crippen molar-refractivity contribution in [2.75, 3.05) is 0 Å². The van der Waals surface area contributed by atoms with Crippen LogP contribution in [0, 0.1) is 0 Å². The van der Waals surface area contributed by atoms with E-state index >= 15 is 0 Å². The fourth-order valence-electron chi connectivity index (χ4n) is 2.84. The molecule has 0 aliphatic carbocycles. The molecule has 0 N–H and O–H groups in total. The van der Waals surface area contributed by atoms with Gasteiger partial charge in [-0.25, -0.2) is 4.79 Å². The van der Waals surface area contributed by atoms with Gasteiger partial charge in [0.25, 0.3) is 11.8 Å². The highest BCUT2D eigenvalue weighted by Crippen LogP contribution is 2.28. The molecule has 0 bridgehead atoms. The number of hydrogen-bond donors (Lipinski definition) is 0. The minimum atomic E-state index is -0.575.